The predicted octanol–water partition coefficient (Wildman–Crippen LogP) is 2.28. The smallest absolute Gasteiger partial charge is 0.308 e. The van der Waals surface area contributed by atoms with Crippen LogP contribution in [0.15, 0.2) is 29.2 Å². The first-order valence-electron chi connectivity index (χ1n) is 9.53. The molecule has 3 rings (SSSR count). The molecule has 1 aromatic carbocycles. The molecule has 2 saturated carbocycles. The van der Waals surface area contributed by atoms with Crippen LogP contribution in [0.1, 0.15) is 61.7 Å². The highest BCUT2D eigenvalue weighted by molar-refractivity contribution is 7.89. The summed E-state index contributed by atoms with van der Waals surface area (Å²) < 4.78 is 27.0. The summed E-state index contributed by atoms with van der Waals surface area (Å²) in [7, 11) is -3.56. The molecule has 0 radical (unpaired) electrons. The standard InChI is InChI=1S/C19H26N2O5S/c22-18(20-17-6-4-2-1-3-5-16(17)19(23)24)13-7-11-15(12-8-13)27(25,26)21-14-9-10-14/h7-8,11-12,14,16-17,21H,1-6,9-10H2,(H,20,22)(H,23,24). The van der Waals surface area contributed by atoms with Crippen molar-refractivity contribution >= 4 is 21.9 Å². The van der Waals surface area contributed by atoms with Gasteiger partial charge < -0.3 is 10.4 Å². The van der Waals surface area contributed by atoms with Crippen molar-refractivity contribution in [3.05, 3.63) is 29.8 Å². The number of sulfonamides is 1. The van der Waals surface area contributed by atoms with E-state index in [0.29, 0.717) is 18.4 Å². The number of carbonyl (C=O) groups is 2. The van der Waals surface area contributed by atoms with Gasteiger partial charge in [0.15, 0.2) is 0 Å². The molecular formula is C19H26N2O5S. The second-order valence-electron chi connectivity index (χ2n) is 7.44. The molecule has 1 amide bonds. The van der Waals surface area contributed by atoms with E-state index in [0.717, 1.165) is 38.5 Å². The van der Waals surface area contributed by atoms with Crippen molar-refractivity contribution in [1.82, 2.24) is 10.0 Å². The molecule has 1 aromatic rings. The van der Waals surface area contributed by atoms with Crippen LogP contribution in [-0.2, 0) is 14.8 Å². The Morgan fingerprint density at radius 3 is 2.15 bits per heavy atom. The van der Waals surface area contributed by atoms with Crippen molar-refractivity contribution in [1.29, 1.82) is 0 Å². The lowest BCUT2D eigenvalue weighted by Gasteiger charge is -2.27. The summed E-state index contributed by atoms with van der Waals surface area (Å²) in [4.78, 5) is 24.3. The Balaban J connectivity index is 1.68. The van der Waals surface area contributed by atoms with Crippen LogP contribution in [0.4, 0.5) is 0 Å². The van der Waals surface area contributed by atoms with E-state index in [1.54, 1.807) is 0 Å². The van der Waals surface area contributed by atoms with Gasteiger partial charge in [-0.2, -0.15) is 0 Å². The summed E-state index contributed by atoms with van der Waals surface area (Å²) in [5.41, 5.74) is 0.326. The van der Waals surface area contributed by atoms with Crippen LogP contribution in [-0.4, -0.2) is 37.5 Å². The molecule has 2 fully saturated rings. The summed E-state index contributed by atoms with van der Waals surface area (Å²) in [6, 6.07) is 5.37. The Kier molecular flexibility index (Phi) is 6.16. The van der Waals surface area contributed by atoms with Crippen LogP contribution in [0.2, 0.25) is 0 Å². The fourth-order valence-corrected chi connectivity index (χ4v) is 4.78. The molecule has 2 atom stereocenters. The third-order valence-electron chi connectivity index (χ3n) is 5.23. The zero-order valence-electron chi connectivity index (χ0n) is 15.2. The lowest BCUT2D eigenvalue weighted by Crippen LogP contribution is -2.43. The number of hydrogen-bond acceptors (Lipinski definition) is 4. The maximum absolute atomic E-state index is 12.6. The van der Waals surface area contributed by atoms with Crippen molar-refractivity contribution < 1.29 is 23.1 Å². The van der Waals surface area contributed by atoms with Gasteiger partial charge >= 0.3 is 5.97 Å². The Morgan fingerprint density at radius 2 is 1.56 bits per heavy atom. The molecule has 148 valence electrons. The Morgan fingerprint density at radius 1 is 0.926 bits per heavy atom. The van der Waals surface area contributed by atoms with Gasteiger partial charge in [0.25, 0.3) is 5.91 Å². The highest BCUT2D eigenvalue weighted by Crippen LogP contribution is 2.24. The first kappa shape index (κ1) is 19.8. The molecule has 0 saturated heterocycles. The predicted molar refractivity (Wildman–Crippen MR) is 99.9 cm³/mol. The summed E-state index contributed by atoms with van der Waals surface area (Å²) in [5, 5.41) is 12.3. The quantitative estimate of drug-likeness (QED) is 0.685. The second kappa shape index (κ2) is 8.39. The largest absolute Gasteiger partial charge is 0.481 e. The van der Waals surface area contributed by atoms with Gasteiger partial charge in [-0.05, 0) is 49.9 Å². The van der Waals surface area contributed by atoms with Crippen molar-refractivity contribution in [3.63, 3.8) is 0 Å². The van der Waals surface area contributed by atoms with Gasteiger partial charge in [0.05, 0.1) is 10.8 Å². The van der Waals surface area contributed by atoms with Gasteiger partial charge in [-0.1, -0.05) is 25.7 Å². The maximum Gasteiger partial charge on any atom is 0.308 e. The first-order chi connectivity index (χ1) is 12.9. The molecule has 0 aromatic heterocycles. The average Bonchev–Trinajstić information content (AvgIpc) is 3.40. The molecule has 2 aliphatic carbocycles. The number of benzene rings is 1. The second-order valence-corrected chi connectivity index (χ2v) is 9.15. The molecular weight excluding hydrogens is 368 g/mol. The van der Waals surface area contributed by atoms with Gasteiger partial charge in [-0.15, -0.1) is 0 Å². The zero-order chi connectivity index (χ0) is 19.4. The normalized spacial score (nSPS) is 23.9. The molecule has 0 heterocycles. The highest BCUT2D eigenvalue weighted by Gasteiger charge is 2.31. The van der Waals surface area contributed by atoms with Gasteiger partial charge in [0.1, 0.15) is 0 Å². The van der Waals surface area contributed by atoms with Crippen molar-refractivity contribution in [3.8, 4) is 0 Å². The summed E-state index contributed by atoms with van der Waals surface area (Å²) in [6.07, 6.45) is 6.71. The number of carbonyl (C=O) groups excluding carboxylic acids is 1. The minimum absolute atomic E-state index is 0.0187. The molecule has 0 spiro atoms. The molecule has 3 N–H and O–H groups in total. The summed E-state index contributed by atoms with van der Waals surface area (Å²) in [5.74, 6) is -1.84. The van der Waals surface area contributed by atoms with E-state index in [1.165, 1.54) is 24.3 Å². The molecule has 0 bridgehead atoms. The van der Waals surface area contributed by atoms with Crippen molar-refractivity contribution in [2.24, 2.45) is 5.92 Å². The van der Waals surface area contributed by atoms with Gasteiger partial charge in [0.2, 0.25) is 10.0 Å². The number of rotatable bonds is 6. The molecule has 27 heavy (non-hydrogen) atoms. The third-order valence-corrected chi connectivity index (χ3v) is 6.76. The maximum atomic E-state index is 12.6. The number of nitrogens with one attached hydrogen (secondary N) is 2. The van der Waals surface area contributed by atoms with E-state index in [4.69, 9.17) is 0 Å². The van der Waals surface area contributed by atoms with Crippen LogP contribution in [0.3, 0.4) is 0 Å². The lowest BCUT2D eigenvalue weighted by atomic mass is 9.86. The summed E-state index contributed by atoms with van der Waals surface area (Å²) >= 11 is 0. The topological polar surface area (TPSA) is 113 Å². The molecule has 2 aliphatic rings. The number of carboxylic acid groups (broad SMARTS) is 1. The van der Waals surface area contributed by atoms with E-state index < -0.39 is 28.0 Å². The van der Waals surface area contributed by atoms with Crippen LogP contribution >= 0.6 is 0 Å². The Bertz CT molecular complexity index is 787. The van der Waals surface area contributed by atoms with E-state index in [2.05, 4.69) is 10.0 Å². The van der Waals surface area contributed by atoms with Gasteiger partial charge in [0, 0.05) is 17.6 Å². The van der Waals surface area contributed by atoms with E-state index in [-0.39, 0.29) is 16.8 Å². The van der Waals surface area contributed by atoms with Crippen LogP contribution in [0.25, 0.3) is 0 Å². The fourth-order valence-electron chi connectivity index (χ4n) is 3.48. The average molecular weight is 394 g/mol. The van der Waals surface area contributed by atoms with E-state index >= 15 is 0 Å². The van der Waals surface area contributed by atoms with Crippen molar-refractivity contribution in [2.45, 2.75) is 68.3 Å². The Labute approximate surface area is 159 Å². The monoisotopic (exact) mass is 394 g/mol. The van der Waals surface area contributed by atoms with E-state index in [9.17, 15) is 23.1 Å². The lowest BCUT2D eigenvalue weighted by molar-refractivity contribution is -0.143. The number of carboxylic acids is 1. The van der Waals surface area contributed by atoms with Gasteiger partial charge in [-0.3, -0.25) is 9.59 Å². The first-order valence-corrected chi connectivity index (χ1v) is 11.0. The molecule has 7 nitrogen and oxygen atoms in total. The summed E-state index contributed by atoms with van der Waals surface area (Å²) in [6.45, 7) is 0. The van der Waals surface area contributed by atoms with E-state index in [1.807, 2.05) is 0 Å². The zero-order valence-corrected chi connectivity index (χ0v) is 16.0. The molecule has 8 heteroatoms. The fraction of sp³-hybridized carbons (Fsp3) is 0.579. The SMILES string of the molecule is O=C(NC1CCCCCCC1C(=O)O)c1ccc(S(=O)(=O)NC2CC2)cc1. The van der Waals surface area contributed by atoms with Crippen molar-refractivity contribution in [2.75, 3.05) is 0 Å². The highest BCUT2D eigenvalue weighted by atomic mass is 32.2. The number of hydrogen-bond donors (Lipinski definition) is 3. The number of aliphatic carboxylic acids is 1. The van der Waals surface area contributed by atoms with Crippen LogP contribution in [0, 0.1) is 5.92 Å². The molecule has 2 unspecified atom stereocenters. The van der Waals surface area contributed by atoms with Crippen LogP contribution in [0.5, 0.6) is 0 Å². The molecule has 0 aliphatic heterocycles. The van der Waals surface area contributed by atoms with Gasteiger partial charge in [-0.25, -0.2) is 13.1 Å². The van der Waals surface area contributed by atoms with Crippen LogP contribution < -0.4 is 10.0 Å². The third kappa shape index (κ3) is 5.29. The number of amides is 1. The minimum Gasteiger partial charge on any atom is -0.481 e. The Hall–Kier alpha value is -1.93. The minimum atomic E-state index is -3.56.